The molecular formula is C9H19NO. The van der Waals surface area contributed by atoms with Crippen molar-refractivity contribution in [3.8, 4) is 0 Å². The second-order valence-electron chi connectivity index (χ2n) is 2.50. The molecule has 66 valence electrons. The molecule has 0 aliphatic rings. The average molecular weight is 157 g/mol. The summed E-state index contributed by atoms with van der Waals surface area (Å²) in [6, 6.07) is 0. The summed E-state index contributed by atoms with van der Waals surface area (Å²) >= 11 is 0. The Bertz CT molecular complexity index is 102. The van der Waals surface area contributed by atoms with Crippen molar-refractivity contribution in [2.24, 2.45) is 0 Å². The Labute approximate surface area is 69.6 Å². The predicted molar refractivity (Wildman–Crippen MR) is 48.5 cm³/mol. The van der Waals surface area contributed by atoms with Crippen LogP contribution in [0, 0.1) is 0 Å². The lowest BCUT2D eigenvalue weighted by Gasteiger charge is -2.06. The fourth-order valence-corrected chi connectivity index (χ4v) is 0.671. The minimum absolute atomic E-state index is 0.785. The van der Waals surface area contributed by atoms with Crippen molar-refractivity contribution in [2.45, 2.75) is 26.7 Å². The summed E-state index contributed by atoms with van der Waals surface area (Å²) < 4.78 is 5.27. The van der Waals surface area contributed by atoms with Crippen LogP contribution in [0.5, 0.6) is 0 Å². The Morgan fingerprint density at radius 3 is 2.64 bits per heavy atom. The Hall–Kier alpha value is -0.500. The number of hydrogen-bond acceptors (Lipinski definition) is 2. The van der Waals surface area contributed by atoms with Crippen LogP contribution in [-0.2, 0) is 4.74 Å². The van der Waals surface area contributed by atoms with Gasteiger partial charge in [-0.05, 0) is 12.8 Å². The zero-order valence-corrected chi connectivity index (χ0v) is 7.65. The van der Waals surface area contributed by atoms with E-state index in [4.69, 9.17) is 4.74 Å². The monoisotopic (exact) mass is 157 g/mol. The molecule has 11 heavy (non-hydrogen) atoms. The Balaban J connectivity index is 2.95. The molecule has 0 heterocycles. The SMILES string of the molecule is C=C(CC)NCCOCCC. The fraction of sp³-hybridized carbons (Fsp3) is 0.778. The topological polar surface area (TPSA) is 21.3 Å². The summed E-state index contributed by atoms with van der Waals surface area (Å²) in [5.74, 6) is 0. The zero-order valence-electron chi connectivity index (χ0n) is 7.65. The van der Waals surface area contributed by atoms with E-state index in [-0.39, 0.29) is 0 Å². The van der Waals surface area contributed by atoms with E-state index in [1.54, 1.807) is 0 Å². The fourth-order valence-electron chi connectivity index (χ4n) is 0.671. The predicted octanol–water partition coefficient (Wildman–Crippen LogP) is 1.93. The third-order valence-corrected chi connectivity index (χ3v) is 1.40. The van der Waals surface area contributed by atoms with E-state index in [1.165, 1.54) is 0 Å². The highest BCUT2D eigenvalue weighted by atomic mass is 16.5. The van der Waals surface area contributed by atoms with Crippen molar-refractivity contribution < 1.29 is 4.74 Å². The van der Waals surface area contributed by atoms with Crippen molar-refractivity contribution in [3.05, 3.63) is 12.3 Å². The van der Waals surface area contributed by atoms with Gasteiger partial charge < -0.3 is 10.1 Å². The highest BCUT2D eigenvalue weighted by molar-refractivity contribution is 4.88. The van der Waals surface area contributed by atoms with Crippen LogP contribution in [0.25, 0.3) is 0 Å². The molecule has 1 N–H and O–H groups in total. The molecule has 0 saturated heterocycles. The Kier molecular flexibility index (Phi) is 7.26. The van der Waals surface area contributed by atoms with Crippen molar-refractivity contribution in [1.82, 2.24) is 5.32 Å². The van der Waals surface area contributed by atoms with E-state index >= 15 is 0 Å². The minimum Gasteiger partial charge on any atom is -0.387 e. The summed E-state index contributed by atoms with van der Waals surface area (Å²) in [7, 11) is 0. The van der Waals surface area contributed by atoms with Gasteiger partial charge in [0, 0.05) is 18.8 Å². The highest BCUT2D eigenvalue weighted by Crippen LogP contribution is 1.88. The summed E-state index contributed by atoms with van der Waals surface area (Å²) in [6.07, 6.45) is 2.09. The van der Waals surface area contributed by atoms with Crippen LogP contribution >= 0.6 is 0 Å². The van der Waals surface area contributed by atoms with E-state index in [1.807, 2.05) is 0 Å². The maximum Gasteiger partial charge on any atom is 0.0638 e. The third kappa shape index (κ3) is 7.40. The first-order chi connectivity index (χ1) is 5.31. The van der Waals surface area contributed by atoms with Crippen LogP contribution in [0.15, 0.2) is 12.3 Å². The maximum absolute atomic E-state index is 5.27. The van der Waals surface area contributed by atoms with Crippen LogP contribution < -0.4 is 5.32 Å². The van der Waals surface area contributed by atoms with E-state index < -0.39 is 0 Å². The van der Waals surface area contributed by atoms with E-state index in [9.17, 15) is 0 Å². The summed E-state index contributed by atoms with van der Waals surface area (Å²) in [4.78, 5) is 0. The number of allylic oxidation sites excluding steroid dienone is 1. The Morgan fingerprint density at radius 2 is 2.09 bits per heavy atom. The lowest BCUT2D eigenvalue weighted by Crippen LogP contribution is -2.18. The first kappa shape index (κ1) is 10.5. The standard InChI is InChI=1S/C9H19NO/c1-4-7-11-8-6-10-9(3)5-2/h10H,3-8H2,1-2H3. The number of nitrogens with one attached hydrogen (secondary N) is 1. The van der Waals surface area contributed by atoms with Gasteiger partial charge in [0.2, 0.25) is 0 Å². The lowest BCUT2D eigenvalue weighted by atomic mass is 10.4. The van der Waals surface area contributed by atoms with Gasteiger partial charge in [0.05, 0.1) is 6.61 Å². The first-order valence-corrected chi connectivity index (χ1v) is 4.30. The van der Waals surface area contributed by atoms with Gasteiger partial charge >= 0.3 is 0 Å². The molecule has 0 aromatic rings. The molecule has 2 nitrogen and oxygen atoms in total. The van der Waals surface area contributed by atoms with Gasteiger partial charge in [-0.1, -0.05) is 20.4 Å². The summed E-state index contributed by atoms with van der Waals surface area (Å²) in [5.41, 5.74) is 1.09. The number of ether oxygens (including phenoxy) is 1. The van der Waals surface area contributed by atoms with Crippen molar-refractivity contribution in [1.29, 1.82) is 0 Å². The second kappa shape index (κ2) is 7.61. The Morgan fingerprint density at radius 1 is 1.36 bits per heavy atom. The molecule has 0 saturated carbocycles. The molecule has 0 spiro atoms. The van der Waals surface area contributed by atoms with Crippen LogP contribution in [0.1, 0.15) is 26.7 Å². The van der Waals surface area contributed by atoms with Gasteiger partial charge in [0.1, 0.15) is 0 Å². The van der Waals surface area contributed by atoms with Gasteiger partial charge in [-0.3, -0.25) is 0 Å². The molecule has 0 rings (SSSR count). The largest absolute Gasteiger partial charge is 0.387 e. The van der Waals surface area contributed by atoms with E-state index in [0.29, 0.717) is 0 Å². The van der Waals surface area contributed by atoms with Crippen LogP contribution in [0.3, 0.4) is 0 Å². The molecule has 0 fully saturated rings. The quantitative estimate of drug-likeness (QED) is 0.570. The van der Waals surface area contributed by atoms with Crippen LogP contribution in [0.2, 0.25) is 0 Å². The highest BCUT2D eigenvalue weighted by Gasteiger charge is 1.88. The normalized spacial score (nSPS) is 9.64. The maximum atomic E-state index is 5.27. The van der Waals surface area contributed by atoms with Gasteiger partial charge in [-0.25, -0.2) is 0 Å². The molecular weight excluding hydrogens is 138 g/mol. The molecule has 2 heteroatoms. The van der Waals surface area contributed by atoms with Gasteiger partial charge in [0.25, 0.3) is 0 Å². The first-order valence-electron chi connectivity index (χ1n) is 4.30. The molecule has 0 aromatic carbocycles. The number of hydrogen-bond donors (Lipinski definition) is 1. The lowest BCUT2D eigenvalue weighted by molar-refractivity contribution is 0.138. The smallest absolute Gasteiger partial charge is 0.0638 e. The third-order valence-electron chi connectivity index (χ3n) is 1.40. The molecule has 0 radical (unpaired) electrons. The van der Waals surface area contributed by atoms with Gasteiger partial charge in [0.15, 0.2) is 0 Å². The summed E-state index contributed by atoms with van der Waals surface area (Å²) in [5, 5.41) is 3.17. The number of rotatable bonds is 7. The molecule has 0 unspecified atom stereocenters. The van der Waals surface area contributed by atoms with Crippen LogP contribution in [0.4, 0.5) is 0 Å². The van der Waals surface area contributed by atoms with Gasteiger partial charge in [-0.15, -0.1) is 0 Å². The molecule has 0 aliphatic heterocycles. The van der Waals surface area contributed by atoms with Crippen molar-refractivity contribution in [3.63, 3.8) is 0 Å². The van der Waals surface area contributed by atoms with E-state index in [0.717, 1.165) is 38.3 Å². The molecule has 0 bridgehead atoms. The van der Waals surface area contributed by atoms with E-state index in [2.05, 4.69) is 25.7 Å². The molecule has 0 aliphatic carbocycles. The van der Waals surface area contributed by atoms with Crippen LogP contribution in [-0.4, -0.2) is 19.8 Å². The van der Waals surface area contributed by atoms with Gasteiger partial charge in [-0.2, -0.15) is 0 Å². The molecule has 0 aromatic heterocycles. The molecule has 0 atom stereocenters. The van der Waals surface area contributed by atoms with Crippen molar-refractivity contribution >= 4 is 0 Å². The minimum atomic E-state index is 0.785. The molecule has 0 amide bonds. The average Bonchev–Trinajstić information content (AvgIpc) is 2.04. The summed E-state index contributed by atoms with van der Waals surface area (Å²) in [6.45, 7) is 10.5. The second-order valence-corrected chi connectivity index (χ2v) is 2.50. The zero-order chi connectivity index (χ0) is 8.53. The van der Waals surface area contributed by atoms with Crippen molar-refractivity contribution in [2.75, 3.05) is 19.8 Å².